The molecule has 1 fully saturated rings. The summed E-state index contributed by atoms with van der Waals surface area (Å²) < 4.78 is 0. The first kappa shape index (κ1) is 12.5. The van der Waals surface area contributed by atoms with Crippen LogP contribution in [0.1, 0.15) is 25.8 Å². The van der Waals surface area contributed by atoms with Gasteiger partial charge in [0.1, 0.15) is 5.01 Å². The van der Waals surface area contributed by atoms with Crippen LogP contribution in [0.25, 0.3) is 0 Å². The van der Waals surface area contributed by atoms with Gasteiger partial charge in [0.25, 0.3) is 0 Å². The Hall–Kier alpha value is -0.940. The molecule has 1 aromatic heterocycles. The van der Waals surface area contributed by atoms with Gasteiger partial charge in [0.05, 0.1) is 5.54 Å². The molecule has 2 N–H and O–H groups in total. The highest BCUT2D eigenvalue weighted by Gasteiger charge is 2.33. The van der Waals surface area contributed by atoms with Crippen molar-refractivity contribution in [3.63, 3.8) is 0 Å². The van der Waals surface area contributed by atoms with E-state index in [1.54, 1.807) is 17.5 Å². The molecule has 0 aromatic carbocycles. The molecule has 1 saturated heterocycles. The summed E-state index contributed by atoms with van der Waals surface area (Å²) in [6, 6.07) is 0. The third-order valence-electron chi connectivity index (χ3n) is 3.34. The summed E-state index contributed by atoms with van der Waals surface area (Å²) in [5, 5.41) is 9.17. The maximum absolute atomic E-state index is 12.1. The lowest BCUT2D eigenvalue weighted by molar-refractivity contribution is -0.128. The lowest BCUT2D eigenvalue weighted by Crippen LogP contribution is -2.52. The largest absolute Gasteiger partial charge is 0.344 e. The highest BCUT2D eigenvalue weighted by atomic mass is 32.1. The molecule has 0 aliphatic carbocycles. The fourth-order valence-corrected chi connectivity index (χ4v) is 2.60. The Morgan fingerprint density at radius 3 is 2.82 bits per heavy atom. The van der Waals surface area contributed by atoms with Gasteiger partial charge in [-0.15, -0.1) is 11.3 Å². The van der Waals surface area contributed by atoms with Crippen molar-refractivity contribution in [2.45, 2.75) is 26.3 Å². The van der Waals surface area contributed by atoms with Crippen molar-refractivity contribution in [1.82, 2.24) is 15.6 Å². The van der Waals surface area contributed by atoms with E-state index in [2.05, 4.69) is 15.6 Å². The van der Waals surface area contributed by atoms with Gasteiger partial charge in [0, 0.05) is 17.5 Å². The van der Waals surface area contributed by atoms with Crippen LogP contribution in [0.4, 0.5) is 0 Å². The van der Waals surface area contributed by atoms with Gasteiger partial charge in [-0.3, -0.25) is 4.79 Å². The molecule has 1 aliphatic rings. The first-order valence-electron chi connectivity index (χ1n) is 5.93. The van der Waals surface area contributed by atoms with Crippen molar-refractivity contribution in [2.24, 2.45) is 11.8 Å². The highest BCUT2D eigenvalue weighted by Crippen LogP contribution is 2.24. The summed E-state index contributed by atoms with van der Waals surface area (Å²) in [4.78, 5) is 16.4. The monoisotopic (exact) mass is 253 g/mol. The number of aromatic nitrogens is 1. The van der Waals surface area contributed by atoms with Crippen LogP contribution >= 0.6 is 11.3 Å². The van der Waals surface area contributed by atoms with Gasteiger partial charge in [-0.25, -0.2) is 4.98 Å². The van der Waals surface area contributed by atoms with Gasteiger partial charge in [-0.1, -0.05) is 6.92 Å². The van der Waals surface area contributed by atoms with E-state index in [-0.39, 0.29) is 17.4 Å². The molecule has 1 atom stereocenters. The Labute approximate surface area is 106 Å². The number of rotatable bonds is 4. The van der Waals surface area contributed by atoms with Crippen molar-refractivity contribution in [3.05, 3.63) is 16.6 Å². The van der Waals surface area contributed by atoms with E-state index in [9.17, 15) is 4.79 Å². The molecule has 94 valence electrons. The quantitative estimate of drug-likeness (QED) is 0.851. The second-order valence-electron chi connectivity index (χ2n) is 5.16. The lowest BCUT2D eigenvalue weighted by atomic mass is 9.87. The van der Waals surface area contributed by atoms with Crippen molar-refractivity contribution in [2.75, 3.05) is 13.1 Å². The van der Waals surface area contributed by atoms with E-state index < -0.39 is 0 Å². The highest BCUT2D eigenvalue weighted by molar-refractivity contribution is 7.09. The molecule has 2 heterocycles. The van der Waals surface area contributed by atoms with Crippen LogP contribution in [0.3, 0.4) is 0 Å². The van der Waals surface area contributed by atoms with Crippen molar-refractivity contribution >= 4 is 17.2 Å². The van der Waals surface area contributed by atoms with Crippen molar-refractivity contribution < 1.29 is 4.79 Å². The molecule has 1 aromatic rings. The van der Waals surface area contributed by atoms with Gasteiger partial charge in [-0.2, -0.15) is 0 Å². The molecule has 4 nitrogen and oxygen atoms in total. The summed E-state index contributed by atoms with van der Waals surface area (Å²) in [6.45, 7) is 7.89. The molecule has 0 spiro atoms. The number of carbonyl (C=O) groups excluding carboxylic acids is 1. The van der Waals surface area contributed by atoms with Gasteiger partial charge in [-0.05, 0) is 32.9 Å². The average Bonchev–Trinajstić information content (AvgIpc) is 2.66. The molecule has 1 amide bonds. The number of amides is 1. The summed E-state index contributed by atoms with van der Waals surface area (Å²) in [7, 11) is 0. The Kier molecular flexibility index (Phi) is 3.49. The Bertz CT molecular complexity index is 384. The fourth-order valence-electron chi connectivity index (χ4n) is 1.89. The maximum Gasteiger partial charge on any atom is 0.223 e. The first-order chi connectivity index (χ1) is 8.00. The molecule has 2 rings (SSSR count). The molecule has 1 unspecified atom stereocenters. The predicted octanol–water partition coefficient (Wildman–Crippen LogP) is 1.35. The van der Waals surface area contributed by atoms with E-state index in [1.807, 2.05) is 26.2 Å². The predicted molar refractivity (Wildman–Crippen MR) is 68.8 cm³/mol. The lowest BCUT2D eigenvalue weighted by Gasteiger charge is -2.34. The molecule has 0 saturated carbocycles. The second-order valence-corrected chi connectivity index (χ2v) is 6.05. The van der Waals surface area contributed by atoms with Gasteiger partial charge < -0.3 is 10.6 Å². The van der Waals surface area contributed by atoms with E-state index in [1.165, 1.54) is 0 Å². The third-order valence-corrected chi connectivity index (χ3v) is 4.43. The van der Waals surface area contributed by atoms with Crippen LogP contribution < -0.4 is 10.6 Å². The summed E-state index contributed by atoms with van der Waals surface area (Å²) in [6.07, 6.45) is 1.77. The minimum absolute atomic E-state index is 0.0653. The summed E-state index contributed by atoms with van der Waals surface area (Å²) in [5.41, 5.74) is -0.378. The fraction of sp³-hybridized carbons (Fsp3) is 0.667. The zero-order valence-electron chi connectivity index (χ0n) is 10.5. The number of carbonyl (C=O) groups is 1. The molecule has 1 aliphatic heterocycles. The van der Waals surface area contributed by atoms with E-state index >= 15 is 0 Å². The van der Waals surface area contributed by atoms with Crippen LogP contribution in [-0.4, -0.2) is 24.0 Å². The number of nitrogens with one attached hydrogen (secondary N) is 2. The van der Waals surface area contributed by atoms with E-state index in [0.717, 1.165) is 18.1 Å². The van der Waals surface area contributed by atoms with Gasteiger partial charge in [0.15, 0.2) is 0 Å². The van der Waals surface area contributed by atoms with Crippen LogP contribution in [0.15, 0.2) is 11.6 Å². The normalized spacial score (nSPS) is 18.5. The van der Waals surface area contributed by atoms with Crippen LogP contribution in [0.5, 0.6) is 0 Å². The Morgan fingerprint density at radius 2 is 2.35 bits per heavy atom. The first-order valence-corrected chi connectivity index (χ1v) is 6.81. The van der Waals surface area contributed by atoms with Crippen LogP contribution in [0, 0.1) is 11.8 Å². The number of nitrogens with zero attached hydrogens (tertiary/aromatic N) is 1. The zero-order chi connectivity index (χ0) is 12.5. The minimum Gasteiger partial charge on any atom is -0.344 e. The molecule has 5 heteroatoms. The molecule has 17 heavy (non-hydrogen) atoms. The SMILES string of the molecule is CC(C(=O)NC(C)(C)c1nccs1)C1CNC1. The standard InChI is InChI=1S/C12H19N3OS/c1-8(9-6-13-7-9)10(16)15-12(2,3)11-14-4-5-17-11/h4-5,8-9,13H,6-7H2,1-3H3,(H,15,16). The summed E-state index contributed by atoms with van der Waals surface area (Å²) >= 11 is 1.57. The summed E-state index contributed by atoms with van der Waals surface area (Å²) in [5.74, 6) is 0.661. The topological polar surface area (TPSA) is 54.0 Å². The van der Waals surface area contributed by atoms with Gasteiger partial charge >= 0.3 is 0 Å². The molecular formula is C12H19N3OS. The van der Waals surface area contributed by atoms with Crippen molar-refractivity contribution in [3.8, 4) is 0 Å². The Balaban J connectivity index is 1.97. The van der Waals surface area contributed by atoms with E-state index in [4.69, 9.17) is 0 Å². The second kappa shape index (κ2) is 4.74. The smallest absolute Gasteiger partial charge is 0.223 e. The van der Waals surface area contributed by atoms with Crippen LogP contribution in [-0.2, 0) is 10.3 Å². The number of thiazole rings is 1. The van der Waals surface area contributed by atoms with Gasteiger partial charge in [0.2, 0.25) is 5.91 Å². The van der Waals surface area contributed by atoms with E-state index in [0.29, 0.717) is 5.92 Å². The molecule has 0 bridgehead atoms. The Morgan fingerprint density at radius 1 is 1.65 bits per heavy atom. The molecular weight excluding hydrogens is 234 g/mol. The van der Waals surface area contributed by atoms with Crippen LogP contribution in [0.2, 0.25) is 0 Å². The molecule has 0 radical (unpaired) electrons. The van der Waals surface area contributed by atoms with Crippen molar-refractivity contribution in [1.29, 1.82) is 0 Å². The third kappa shape index (κ3) is 2.66. The average molecular weight is 253 g/mol. The zero-order valence-corrected chi connectivity index (χ0v) is 11.3. The number of hydrogen-bond donors (Lipinski definition) is 2. The maximum atomic E-state index is 12.1. The minimum atomic E-state index is -0.378. The number of hydrogen-bond acceptors (Lipinski definition) is 4.